The predicted octanol–water partition coefficient (Wildman–Crippen LogP) is 9.42. The van der Waals surface area contributed by atoms with E-state index in [9.17, 15) is 0 Å². The fraction of sp³-hybridized carbons (Fsp3) is 0.231. The van der Waals surface area contributed by atoms with Gasteiger partial charge < -0.3 is 0 Å². The highest BCUT2D eigenvalue weighted by atomic mass is 32.1. The molecule has 3 heteroatoms. The molecule has 0 amide bonds. The molecule has 0 spiro atoms. The Balaban J connectivity index is 1.48. The summed E-state index contributed by atoms with van der Waals surface area (Å²) in [5.41, 5.74) is 5.55. The SMILES string of the molecule is CCCc1ccc(-c2cc3sc4cc(-c5ccc(CCC)cc5)sc4c3s2)cc1. The molecule has 0 aliphatic rings. The molecule has 0 N–H and O–H groups in total. The molecule has 5 rings (SSSR count). The fourth-order valence-electron chi connectivity index (χ4n) is 3.87. The van der Waals surface area contributed by atoms with Gasteiger partial charge in [0, 0.05) is 19.2 Å². The van der Waals surface area contributed by atoms with Crippen LogP contribution in [0.25, 0.3) is 39.7 Å². The second-order valence-electron chi connectivity index (χ2n) is 7.60. The van der Waals surface area contributed by atoms with Crippen LogP contribution in [0.2, 0.25) is 0 Å². The van der Waals surface area contributed by atoms with Gasteiger partial charge in [-0.2, -0.15) is 0 Å². The Hall–Kier alpha value is -1.94. The van der Waals surface area contributed by atoms with Crippen molar-refractivity contribution in [3.05, 3.63) is 71.8 Å². The molecule has 3 aromatic heterocycles. The first-order chi connectivity index (χ1) is 14.2. The highest BCUT2D eigenvalue weighted by Crippen LogP contribution is 2.48. The summed E-state index contributed by atoms with van der Waals surface area (Å²) in [6.45, 7) is 4.47. The first kappa shape index (κ1) is 19.0. The van der Waals surface area contributed by atoms with Crippen LogP contribution in [0.1, 0.15) is 37.8 Å². The lowest BCUT2D eigenvalue weighted by atomic mass is 10.1. The van der Waals surface area contributed by atoms with Gasteiger partial charge in [0.15, 0.2) is 0 Å². The van der Waals surface area contributed by atoms with Gasteiger partial charge >= 0.3 is 0 Å². The van der Waals surface area contributed by atoms with Gasteiger partial charge in [-0.1, -0.05) is 75.2 Å². The first-order valence-electron chi connectivity index (χ1n) is 10.4. The summed E-state index contributed by atoms with van der Waals surface area (Å²) in [6, 6.07) is 23.1. The fourth-order valence-corrected chi connectivity index (χ4v) is 7.90. The lowest BCUT2D eigenvalue weighted by molar-refractivity contribution is 0.922. The Bertz CT molecular complexity index is 1150. The highest BCUT2D eigenvalue weighted by Gasteiger charge is 2.14. The molecule has 0 bridgehead atoms. The summed E-state index contributed by atoms with van der Waals surface area (Å²) in [6.07, 6.45) is 4.73. The van der Waals surface area contributed by atoms with Crippen LogP contribution in [0, 0.1) is 0 Å². The number of fused-ring (bicyclic) bond motifs is 3. The van der Waals surface area contributed by atoms with Gasteiger partial charge in [0.05, 0.1) is 9.40 Å². The molecule has 29 heavy (non-hydrogen) atoms. The van der Waals surface area contributed by atoms with Gasteiger partial charge in [0.2, 0.25) is 0 Å². The average molecular weight is 433 g/mol. The Morgan fingerprint density at radius 2 is 0.966 bits per heavy atom. The molecule has 146 valence electrons. The molecule has 0 atom stereocenters. The smallest absolute Gasteiger partial charge is 0.0636 e. The standard InChI is InChI=1S/C26H24S3/c1-3-5-17-7-11-19(12-8-17)21-15-23-25(28-21)26-24(27-23)16-22(29-26)20-13-9-18(6-4-2)10-14-20/h7-16H,3-6H2,1-2H3. The zero-order valence-corrected chi connectivity index (χ0v) is 19.3. The summed E-state index contributed by atoms with van der Waals surface area (Å²) in [7, 11) is 0. The van der Waals surface area contributed by atoms with Crippen molar-refractivity contribution in [2.24, 2.45) is 0 Å². The van der Waals surface area contributed by atoms with Crippen LogP contribution in [0.15, 0.2) is 60.7 Å². The third kappa shape index (κ3) is 3.68. The van der Waals surface area contributed by atoms with E-state index in [0.29, 0.717) is 0 Å². The molecule has 3 heterocycles. The van der Waals surface area contributed by atoms with Crippen LogP contribution in [0.3, 0.4) is 0 Å². The third-order valence-corrected chi connectivity index (χ3v) is 9.25. The summed E-state index contributed by atoms with van der Waals surface area (Å²) < 4.78 is 5.76. The van der Waals surface area contributed by atoms with Crippen LogP contribution in [-0.4, -0.2) is 0 Å². The maximum atomic E-state index is 2.38. The molecule has 0 saturated heterocycles. The quantitative estimate of drug-likeness (QED) is 0.251. The summed E-state index contributed by atoms with van der Waals surface area (Å²) >= 11 is 5.82. The van der Waals surface area contributed by atoms with Crippen LogP contribution < -0.4 is 0 Å². The number of thiophene rings is 3. The molecule has 2 aromatic carbocycles. The van der Waals surface area contributed by atoms with E-state index in [1.165, 1.54) is 63.6 Å². The van der Waals surface area contributed by atoms with E-state index in [1.807, 2.05) is 34.0 Å². The van der Waals surface area contributed by atoms with Gasteiger partial charge in [-0.05, 0) is 47.2 Å². The largest absolute Gasteiger partial charge is 0.133 e. The summed E-state index contributed by atoms with van der Waals surface area (Å²) in [5.74, 6) is 0. The molecule has 0 nitrogen and oxygen atoms in total. The van der Waals surface area contributed by atoms with Crippen molar-refractivity contribution in [1.29, 1.82) is 0 Å². The average Bonchev–Trinajstić information content (AvgIpc) is 3.40. The zero-order chi connectivity index (χ0) is 19.8. The van der Waals surface area contributed by atoms with E-state index in [1.54, 1.807) is 0 Å². The maximum absolute atomic E-state index is 2.38. The molecule has 0 aliphatic carbocycles. The van der Waals surface area contributed by atoms with Crippen LogP contribution in [0.5, 0.6) is 0 Å². The molecule has 0 saturated carbocycles. The first-order valence-corrected chi connectivity index (χ1v) is 12.8. The number of benzene rings is 2. The maximum Gasteiger partial charge on any atom is 0.0636 e. The van der Waals surface area contributed by atoms with Crippen molar-refractivity contribution in [2.75, 3.05) is 0 Å². The Kier molecular flexibility index (Phi) is 5.29. The van der Waals surface area contributed by atoms with Gasteiger partial charge in [0.1, 0.15) is 0 Å². The van der Waals surface area contributed by atoms with Crippen LogP contribution >= 0.6 is 34.0 Å². The molecular formula is C26H24S3. The van der Waals surface area contributed by atoms with E-state index >= 15 is 0 Å². The Morgan fingerprint density at radius 1 is 0.552 bits per heavy atom. The second-order valence-corrected chi connectivity index (χ2v) is 10.8. The number of hydrogen-bond donors (Lipinski definition) is 0. The van der Waals surface area contributed by atoms with Crippen molar-refractivity contribution >= 4 is 52.8 Å². The van der Waals surface area contributed by atoms with E-state index in [2.05, 4.69) is 74.5 Å². The normalized spacial score (nSPS) is 11.7. The van der Waals surface area contributed by atoms with Crippen molar-refractivity contribution in [3.63, 3.8) is 0 Å². The monoisotopic (exact) mass is 432 g/mol. The van der Waals surface area contributed by atoms with Crippen LogP contribution in [-0.2, 0) is 12.8 Å². The van der Waals surface area contributed by atoms with Crippen molar-refractivity contribution in [2.45, 2.75) is 39.5 Å². The van der Waals surface area contributed by atoms with E-state index in [-0.39, 0.29) is 0 Å². The zero-order valence-electron chi connectivity index (χ0n) is 16.8. The third-order valence-electron chi connectivity index (χ3n) is 5.38. The topological polar surface area (TPSA) is 0 Å². The second kappa shape index (κ2) is 8.06. The summed E-state index contributed by atoms with van der Waals surface area (Å²) in [4.78, 5) is 2.77. The Labute approximate surface area is 184 Å². The molecule has 0 radical (unpaired) electrons. The minimum absolute atomic E-state index is 1.16. The molecule has 0 unspecified atom stereocenters. The van der Waals surface area contributed by atoms with Crippen LogP contribution in [0.4, 0.5) is 0 Å². The number of hydrogen-bond acceptors (Lipinski definition) is 3. The molecule has 0 fully saturated rings. The van der Waals surface area contributed by atoms with E-state index in [4.69, 9.17) is 0 Å². The minimum Gasteiger partial charge on any atom is -0.133 e. The van der Waals surface area contributed by atoms with Crippen molar-refractivity contribution in [1.82, 2.24) is 0 Å². The molecule has 5 aromatic rings. The number of rotatable bonds is 6. The van der Waals surface area contributed by atoms with Crippen molar-refractivity contribution < 1.29 is 0 Å². The predicted molar refractivity (Wildman–Crippen MR) is 134 cm³/mol. The lowest BCUT2D eigenvalue weighted by Gasteiger charge is -2.01. The number of aryl methyl sites for hydroxylation is 2. The van der Waals surface area contributed by atoms with Gasteiger partial charge in [0.25, 0.3) is 0 Å². The molecular weight excluding hydrogens is 408 g/mol. The minimum atomic E-state index is 1.16. The van der Waals surface area contributed by atoms with E-state index in [0.717, 1.165) is 12.8 Å². The highest BCUT2D eigenvalue weighted by molar-refractivity contribution is 7.40. The van der Waals surface area contributed by atoms with Gasteiger partial charge in [-0.15, -0.1) is 34.0 Å². The Morgan fingerprint density at radius 3 is 1.34 bits per heavy atom. The van der Waals surface area contributed by atoms with Gasteiger partial charge in [-0.3, -0.25) is 0 Å². The van der Waals surface area contributed by atoms with Crippen molar-refractivity contribution in [3.8, 4) is 20.9 Å². The molecule has 0 aliphatic heterocycles. The van der Waals surface area contributed by atoms with Gasteiger partial charge in [-0.25, -0.2) is 0 Å². The van der Waals surface area contributed by atoms with E-state index < -0.39 is 0 Å². The lowest BCUT2D eigenvalue weighted by Crippen LogP contribution is -1.81. The summed E-state index contributed by atoms with van der Waals surface area (Å²) in [5, 5.41) is 0.